The molecule has 3 aliphatic rings. The summed E-state index contributed by atoms with van der Waals surface area (Å²) in [5.74, 6) is 0.969. The molecule has 1 aromatic carbocycles. The summed E-state index contributed by atoms with van der Waals surface area (Å²) < 4.78 is 12.0. The molecule has 2 saturated heterocycles. The quantitative estimate of drug-likeness (QED) is 0.624. The maximum atomic E-state index is 13.4. The first kappa shape index (κ1) is 19.4. The number of ether oxygens (including phenoxy) is 2. The van der Waals surface area contributed by atoms with Gasteiger partial charge in [-0.3, -0.25) is 9.69 Å². The van der Waals surface area contributed by atoms with Crippen LogP contribution in [0.25, 0.3) is 0 Å². The van der Waals surface area contributed by atoms with Crippen LogP contribution >= 0.6 is 0 Å². The second kappa shape index (κ2) is 8.22. The maximum Gasteiger partial charge on any atom is 0.292 e. The molecule has 1 amide bonds. The van der Waals surface area contributed by atoms with Crippen molar-refractivity contribution in [1.82, 2.24) is 4.90 Å². The number of hydrogen-bond donors (Lipinski definition) is 1. The van der Waals surface area contributed by atoms with E-state index in [0.29, 0.717) is 43.7 Å². The number of rotatable bonds is 5. The number of aliphatic hydroxyl groups excluding tert-OH is 1. The van der Waals surface area contributed by atoms with Gasteiger partial charge < -0.3 is 19.5 Å². The predicted molar refractivity (Wildman–Crippen MR) is 105 cm³/mol. The summed E-state index contributed by atoms with van der Waals surface area (Å²) in [6.07, 6.45) is 9.99. The summed E-state index contributed by atoms with van der Waals surface area (Å²) in [7, 11) is 0. The molecule has 28 heavy (non-hydrogen) atoms. The van der Waals surface area contributed by atoms with E-state index in [2.05, 4.69) is 10.8 Å². The zero-order valence-corrected chi connectivity index (χ0v) is 16.2. The summed E-state index contributed by atoms with van der Waals surface area (Å²) in [5, 5.41) is 11.2. The SMILES string of the molecule is C#CCCCN1C(=O)C2(OCCCO2)c2c(C(O)N3CCCCC3)cccc21. The maximum absolute atomic E-state index is 13.4. The number of piperidine rings is 1. The van der Waals surface area contributed by atoms with E-state index in [9.17, 15) is 9.90 Å². The van der Waals surface area contributed by atoms with Crippen LogP contribution in [0.3, 0.4) is 0 Å². The van der Waals surface area contributed by atoms with E-state index in [1.807, 2.05) is 18.2 Å². The number of carbonyl (C=O) groups excluding carboxylic acids is 1. The molecule has 2 fully saturated rings. The third kappa shape index (κ3) is 3.23. The van der Waals surface area contributed by atoms with Gasteiger partial charge in [0.15, 0.2) is 0 Å². The van der Waals surface area contributed by atoms with E-state index in [0.717, 1.165) is 38.0 Å². The van der Waals surface area contributed by atoms with E-state index in [1.54, 1.807) is 4.90 Å². The van der Waals surface area contributed by atoms with Crippen molar-refractivity contribution in [3.05, 3.63) is 29.3 Å². The first-order valence-electron chi connectivity index (χ1n) is 10.3. The van der Waals surface area contributed by atoms with Gasteiger partial charge in [0.1, 0.15) is 6.23 Å². The first-order valence-corrected chi connectivity index (χ1v) is 10.3. The lowest BCUT2D eigenvalue weighted by molar-refractivity contribution is -0.257. The molecule has 1 aromatic rings. The number of carbonyl (C=O) groups is 1. The molecule has 3 heterocycles. The first-order chi connectivity index (χ1) is 13.7. The van der Waals surface area contributed by atoms with Crippen LogP contribution in [0, 0.1) is 12.3 Å². The van der Waals surface area contributed by atoms with Gasteiger partial charge in [-0.2, -0.15) is 0 Å². The zero-order chi connectivity index (χ0) is 19.6. The smallest absolute Gasteiger partial charge is 0.292 e. The van der Waals surface area contributed by atoms with Gasteiger partial charge in [0.2, 0.25) is 0 Å². The Morgan fingerprint density at radius 3 is 2.64 bits per heavy atom. The summed E-state index contributed by atoms with van der Waals surface area (Å²) >= 11 is 0. The Morgan fingerprint density at radius 1 is 1.18 bits per heavy atom. The van der Waals surface area contributed by atoms with Gasteiger partial charge >= 0.3 is 0 Å². The van der Waals surface area contributed by atoms with Crippen molar-refractivity contribution < 1.29 is 19.4 Å². The molecule has 0 saturated carbocycles. The van der Waals surface area contributed by atoms with Crippen LogP contribution < -0.4 is 4.90 Å². The molecular formula is C22H28N2O4. The molecule has 6 nitrogen and oxygen atoms in total. The number of benzene rings is 1. The number of amides is 1. The van der Waals surface area contributed by atoms with Crippen LogP contribution in [0.15, 0.2) is 18.2 Å². The Labute approximate surface area is 166 Å². The molecular weight excluding hydrogens is 356 g/mol. The largest absolute Gasteiger partial charge is 0.374 e. The van der Waals surface area contributed by atoms with Gasteiger partial charge in [0, 0.05) is 31.6 Å². The van der Waals surface area contributed by atoms with Crippen LogP contribution in [0.2, 0.25) is 0 Å². The van der Waals surface area contributed by atoms with Gasteiger partial charge in [-0.25, -0.2) is 0 Å². The minimum atomic E-state index is -1.45. The number of likely N-dealkylation sites (tertiary alicyclic amines) is 1. The van der Waals surface area contributed by atoms with Crippen molar-refractivity contribution in [2.45, 2.75) is 50.5 Å². The van der Waals surface area contributed by atoms with Gasteiger partial charge in [0.05, 0.1) is 24.5 Å². The highest BCUT2D eigenvalue weighted by molar-refractivity contribution is 6.06. The molecule has 1 unspecified atom stereocenters. The molecule has 6 heteroatoms. The summed E-state index contributed by atoms with van der Waals surface area (Å²) in [6.45, 7) is 3.11. The number of hydrogen-bond acceptors (Lipinski definition) is 5. The molecule has 0 bridgehead atoms. The molecule has 0 aliphatic carbocycles. The van der Waals surface area contributed by atoms with Gasteiger partial charge in [0.25, 0.3) is 11.7 Å². The van der Waals surface area contributed by atoms with Crippen molar-refractivity contribution >= 4 is 11.6 Å². The molecule has 1 atom stereocenters. The fraction of sp³-hybridized carbons (Fsp3) is 0.591. The number of fused-ring (bicyclic) bond motifs is 2. The normalized spacial score (nSPS) is 22.9. The topological polar surface area (TPSA) is 62.2 Å². The highest BCUT2D eigenvalue weighted by Gasteiger charge is 2.56. The van der Waals surface area contributed by atoms with E-state index in [-0.39, 0.29) is 5.91 Å². The Hall–Kier alpha value is -1.91. The molecule has 0 radical (unpaired) electrons. The monoisotopic (exact) mass is 384 g/mol. The zero-order valence-electron chi connectivity index (χ0n) is 16.2. The van der Waals surface area contributed by atoms with E-state index < -0.39 is 12.0 Å². The summed E-state index contributed by atoms with van der Waals surface area (Å²) in [5.41, 5.74) is 2.13. The Balaban J connectivity index is 1.75. The second-order valence-electron chi connectivity index (χ2n) is 7.64. The van der Waals surface area contributed by atoms with Gasteiger partial charge in [-0.15, -0.1) is 12.3 Å². The van der Waals surface area contributed by atoms with Crippen LogP contribution in [0.4, 0.5) is 5.69 Å². The number of unbranched alkanes of at least 4 members (excludes halogenated alkanes) is 1. The minimum absolute atomic E-state index is 0.211. The van der Waals surface area contributed by atoms with Crippen LogP contribution in [0.5, 0.6) is 0 Å². The second-order valence-corrected chi connectivity index (χ2v) is 7.64. The Bertz CT molecular complexity index is 760. The number of aliphatic hydroxyl groups is 1. The Morgan fingerprint density at radius 2 is 1.93 bits per heavy atom. The van der Waals surface area contributed by atoms with E-state index in [1.165, 1.54) is 6.42 Å². The highest BCUT2D eigenvalue weighted by Crippen LogP contribution is 2.48. The van der Waals surface area contributed by atoms with Crippen molar-refractivity contribution in [2.24, 2.45) is 0 Å². The fourth-order valence-corrected chi connectivity index (χ4v) is 4.47. The summed E-state index contributed by atoms with van der Waals surface area (Å²) in [4.78, 5) is 17.2. The van der Waals surface area contributed by atoms with Crippen molar-refractivity contribution in [3.63, 3.8) is 0 Å². The van der Waals surface area contributed by atoms with Crippen LogP contribution in [-0.2, 0) is 20.1 Å². The number of nitrogens with zero attached hydrogens (tertiary/aromatic N) is 2. The van der Waals surface area contributed by atoms with Crippen LogP contribution in [-0.4, -0.2) is 48.8 Å². The third-order valence-electron chi connectivity index (χ3n) is 5.84. The van der Waals surface area contributed by atoms with Crippen molar-refractivity contribution in [3.8, 4) is 12.3 Å². The standard InChI is InChI=1S/C22H28N2O4/c1-2-3-5-14-24-18-11-8-10-17(20(25)23-12-6-4-7-13-23)19(18)22(21(24)26)27-15-9-16-28-22/h1,8,10-11,20,25H,3-7,9,12-16H2. The molecule has 1 N–H and O–H groups in total. The van der Waals surface area contributed by atoms with Crippen molar-refractivity contribution in [2.75, 3.05) is 37.7 Å². The van der Waals surface area contributed by atoms with Crippen molar-refractivity contribution in [1.29, 1.82) is 0 Å². The van der Waals surface area contributed by atoms with Gasteiger partial charge in [-0.1, -0.05) is 18.6 Å². The lowest BCUT2D eigenvalue weighted by Crippen LogP contribution is -2.48. The lowest BCUT2D eigenvalue weighted by atomic mass is 9.96. The highest BCUT2D eigenvalue weighted by atomic mass is 16.7. The third-order valence-corrected chi connectivity index (χ3v) is 5.84. The van der Waals surface area contributed by atoms with Gasteiger partial charge in [-0.05, 0) is 31.7 Å². The number of terminal acetylenes is 1. The fourth-order valence-electron chi connectivity index (χ4n) is 4.47. The summed E-state index contributed by atoms with van der Waals surface area (Å²) in [6, 6.07) is 5.69. The van der Waals surface area contributed by atoms with E-state index in [4.69, 9.17) is 15.9 Å². The molecule has 0 aromatic heterocycles. The molecule has 1 spiro atoms. The lowest BCUT2D eigenvalue weighted by Gasteiger charge is -2.36. The molecule has 4 rings (SSSR count). The Kier molecular flexibility index (Phi) is 5.70. The molecule has 150 valence electrons. The minimum Gasteiger partial charge on any atom is -0.374 e. The average molecular weight is 384 g/mol. The average Bonchev–Trinajstić information content (AvgIpc) is 2.97. The van der Waals surface area contributed by atoms with E-state index >= 15 is 0 Å². The number of anilines is 1. The molecule has 3 aliphatic heterocycles. The van der Waals surface area contributed by atoms with Crippen LogP contribution in [0.1, 0.15) is 55.9 Å². The predicted octanol–water partition coefficient (Wildman–Crippen LogP) is 2.51.